The Labute approximate surface area is 167 Å². The lowest BCUT2D eigenvalue weighted by atomic mass is 10.1. The third-order valence-electron chi connectivity index (χ3n) is 4.41. The van der Waals surface area contributed by atoms with Gasteiger partial charge in [0.05, 0.1) is 16.5 Å². The van der Waals surface area contributed by atoms with Gasteiger partial charge in [0.1, 0.15) is 18.4 Å². The van der Waals surface area contributed by atoms with Crippen LogP contribution in [0.5, 0.6) is 5.75 Å². The minimum Gasteiger partial charge on any atom is -0.489 e. The van der Waals surface area contributed by atoms with Crippen LogP contribution in [0.1, 0.15) is 17.0 Å². The van der Waals surface area contributed by atoms with E-state index in [9.17, 15) is 10.1 Å². The number of ether oxygens (including phenoxy) is 1. The fourth-order valence-corrected chi connectivity index (χ4v) is 2.97. The van der Waals surface area contributed by atoms with Crippen LogP contribution in [0.15, 0.2) is 83.7 Å². The maximum Gasteiger partial charge on any atom is 0.259 e. The number of aromatic amines is 1. The molecule has 4 rings (SSSR count). The molecule has 0 bridgehead atoms. The van der Waals surface area contributed by atoms with Crippen molar-refractivity contribution in [2.75, 3.05) is 0 Å². The summed E-state index contributed by atoms with van der Waals surface area (Å²) in [7, 11) is 0. The minimum atomic E-state index is -0.272. The molecule has 0 atom stereocenters. The quantitative estimate of drug-likeness (QED) is 0.515. The van der Waals surface area contributed by atoms with E-state index in [0.717, 1.165) is 11.1 Å². The van der Waals surface area contributed by atoms with Crippen molar-refractivity contribution >= 4 is 22.6 Å². The van der Waals surface area contributed by atoms with Gasteiger partial charge in [0.2, 0.25) is 0 Å². The summed E-state index contributed by atoms with van der Waals surface area (Å²) in [5.41, 5.74) is 2.40. The number of benzene rings is 3. The van der Waals surface area contributed by atoms with Crippen LogP contribution < -0.4 is 10.3 Å². The molecule has 0 amide bonds. The molecule has 5 nitrogen and oxygen atoms in total. The molecule has 4 aromatic rings. The third-order valence-corrected chi connectivity index (χ3v) is 4.41. The van der Waals surface area contributed by atoms with Crippen LogP contribution in [-0.4, -0.2) is 9.97 Å². The number of nitriles is 1. The van der Waals surface area contributed by atoms with E-state index >= 15 is 0 Å². The average molecular weight is 379 g/mol. The number of fused-ring (bicyclic) bond motifs is 1. The van der Waals surface area contributed by atoms with Crippen LogP contribution in [0, 0.1) is 11.3 Å². The van der Waals surface area contributed by atoms with Gasteiger partial charge in [-0.15, -0.1) is 0 Å². The van der Waals surface area contributed by atoms with Crippen molar-refractivity contribution in [3.8, 4) is 11.8 Å². The number of para-hydroxylation sites is 1. The highest BCUT2D eigenvalue weighted by atomic mass is 16.5. The molecular formula is C24H17N3O2. The van der Waals surface area contributed by atoms with Crippen LogP contribution >= 0.6 is 0 Å². The summed E-state index contributed by atoms with van der Waals surface area (Å²) in [6, 6.07) is 26.5. The molecule has 0 fully saturated rings. The smallest absolute Gasteiger partial charge is 0.259 e. The van der Waals surface area contributed by atoms with E-state index in [1.807, 2.05) is 60.7 Å². The Bertz CT molecular complexity index is 1280. The monoisotopic (exact) mass is 379 g/mol. The Morgan fingerprint density at radius 1 is 1.03 bits per heavy atom. The van der Waals surface area contributed by atoms with Crippen LogP contribution in [0.2, 0.25) is 0 Å². The highest BCUT2D eigenvalue weighted by molar-refractivity contribution is 5.89. The van der Waals surface area contributed by atoms with Crippen molar-refractivity contribution < 1.29 is 4.74 Å². The molecule has 0 unspecified atom stereocenters. The van der Waals surface area contributed by atoms with Crippen LogP contribution in [0.25, 0.3) is 22.6 Å². The lowest BCUT2D eigenvalue weighted by Gasteiger charge is -2.07. The first-order valence-electron chi connectivity index (χ1n) is 9.11. The standard InChI is InChI=1S/C24H17N3O2/c25-15-19(23-26-22-12-5-4-11-21(22)24(28)27-23)13-18-9-6-10-20(14-18)29-16-17-7-2-1-3-8-17/h1-14H,16H2,(H,26,27,28)/b19-13+. The molecule has 0 aliphatic rings. The third kappa shape index (κ3) is 4.23. The molecule has 3 aromatic carbocycles. The van der Waals surface area contributed by atoms with Crippen LogP contribution in [-0.2, 0) is 6.61 Å². The molecule has 0 aliphatic heterocycles. The number of hydrogen-bond donors (Lipinski definition) is 1. The zero-order valence-corrected chi connectivity index (χ0v) is 15.5. The van der Waals surface area contributed by atoms with Crippen molar-refractivity contribution in [3.63, 3.8) is 0 Å². The second-order valence-corrected chi connectivity index (χ2v) is 6.45. The Morgan fingerprint density at radius 2 is 1.83 bits per heavy atom. The molecule has 0 radical (unpaired) electrons. The summed E-state index contributed by atoms with van der Waals surface area (Å²) in [5.74, 6) is 0.937. The molecule has 1 N–H and O–H groups in total. The first-order chi connectivity index (χ1) is 14.2. The van der Waals surface area contributed by atoms with E-state index in [4.69, 9.17) is 4.74 Å². The maximum absolute atomic E-state index is 12.3. The maximum atomic E-state index is 12.3. The molecular weight excluding hydrogens is 362 g/mol. The van der Waals surface area contributed by atoms with Gasteiger partial charge in [-0.1, -0.05) is 54.6 Å². The van der Waals surface area contributed by atoms with E-state index in [1.54, 1.807) is 24.3 Å². The minimum absolute atomic E-state index is 0.242. The van der Waals surface area contributed by atoms with Crippen molar-refractivity contribution in [2.24, 2.45) is 0 Å². The summed E-state index contributed by atoms with van der Waals surface area (Å²) >= 11 is 0. The number of allylic oxidation sites excluding steroid dienone is 1. The fraction of sp³-hybridized carbons (Fsp3) is 0.0417. The zero-order chi connectivity index (χ0) is 20.1. The first kappa shape index (κ1) is 18.2. The van der Waals surface area contributed by atoms with Crippen LogP contribution in [0.4, 0.5) is 0 Å². The number of nitrogens with zero attached hydrogens (tertiary/aromatic N) is 2. The second kappa shape index (κ2) is 8.24. The molecule has 29 heavy (non-hydrogen) atoms. The van der Waals surface area contributed by atoms with Gasteiger partial charge in [0.25, 0.3) is 5.56 Å². The van der Waals surface area contributed by atoms with Gasteiger partial charge in [0, 0.05) is 0 Å². The largest absolute Gasteiger partial charge is 0.489 e. The number of nitrogens with one attached hydrogen (secondary N) is 1. The summed E-state index contributed by atoms with van der Waals surface area (Å²) < 4.78 is 5.84. The van der Waals surface area contributed by atoms with Crippen LogP contribution in [0.3, 0.4) is 0 Å². The summed E-state index contributed by atoms with van der Waals surface area (Å²) in [4.78, 5) is 19.4. The van der Waals surface area contributed by atoms with Gasteiger partial charge < -0.3 is 9.72 Å². The van der Waals surface area contributed by atoms with E-state index in [0.29, 0.717) is 23.3 Å². The highest BCUT2D eigenvalue weighted by Gasteiger charge is 2.08. The normalized spacial score (nSPS) is 11.2. The summed E-state index contributed by atoms with van der Waals surface area (Å²) in [5, 5.41) is 10.1. The number of aromatic nitrogens is 2. The summed E-state index contributed by atoms with van der Waals surface area (Å²) in [6.07, 6.45) is 1.68. The van der Waals surface area contributed by atoms with Gasteiger partial charge in [-0.3, -0.25) is 4.79 Å². The number of rotatable bonds is 5. The van der Waals surface area contributed by atoms with Gasteiger partial charge in [-0.25, -0.2) is 4.98 Å². The average Bonchev–Trinajstić information content (AvgIpc) is 2.77. The SMILES string of the molecule is N#C/C(=C\c1cccc(OCc2ccccc2)c1)c1nc2ccccc2c(=O)[nH]1. The second-order valence-electron chi connectivity index (χ2n) is 6.45. The highest BCUT2D eigenvalue weighted by Crippen LogP contribution is 2.20. The van der Waals surface area contributed by atoms with Gasteiger partial charge in [-0.05, 0) is 41.5 Å². The lowest BCUT2D eigenvalue weighted by molar-refractivity contribution is 0.306. The Morgan fingerprint density at radius 3 is 2.66 bits per heavy atom. The number of hydrogen-bond acceptors (Lipinski definition) is 4. The molecule has 0 spiro atoms. The topological polar surface area (TPSA) is 78.8 Å². The molecule has 140 valence electrons. The van der Waals surface area contributed by atoms with E-state index in [2.05, 4.69) is 16.0 Å². The van der Waals surface area contributed by atoms with Crippen molar-refractivity contribution in [1.82, 2.24) is 9.97 Å². The molecule has 5 heteroatoms. The number of H-pyrrole nitrogens is 1. The first-order valence-corrected chi connectivity index (χ1v) is 9.11. The predicted octanol–water partition coefficient (Wildman–Crippen LogP) is 4.57. The molecule has 1 aromatic heterocycles. The Kier molecular flexibility index (Phi) is 5.17. The Balaban J connectivity index is 1.62. The van der Waals surface area contributed by atoms with Gasteiger partial charge in [-0.2, -0.15) is 5.26 Å². The Hall–Kier alpha value is -4.17. The van der Waals surface area contributed by atoms with Crippen molar-refractivity contribution in [3.05, 3.63) is 106 Å². The predicted molar refractivity (Wildman–Crippen MR) is 113 cm³/mol. The van der Waals surface area contributed by atoms with Gasteiger partial charge >= 0.3 is 0 Å². The van der Waals surface area contributed by atoms with Crippen molar-refractivity contribution in [2.45, 2.75) is 6.61 Å². The van der Waals surface area contributed by atoms with E-state index in [1.165, 1.54) is 0 Å². The zero-order valence-electron chi connectivity index (χ0n) is 15.5. The fourth-order valence-electron chi connectivity index (χ4n) is 2.97. The molecule has 0 saturated heterocycles. The summed E-state index contributed by atoms with van der Waals surface area (Å²) in [6.45, 7) is 0.457. The van der Waals surface area contributed by atoms with E-state index in [-0.39, 0.29) is 17.0 Å². The van der Waals surface area contributed by atoms with Gasteiger partial charge in [0.15, 0.2) is 5.82 Å². The molecule has 0 aliphatic carbocycles. The lowest BCUT2D eigenvalue weighted by Crippen LogP contribution is -2.11. The molecule has 1 heterocycles. The van der Waals surface area contributed by atoms with E-state index < -0.39 is 0 Å². The molecule has 0 saturated carbocycles. The van der Waals surface area contributed by atoms with Crippen molar-refractivity contribution in [1.29, 1.82) is 5.26 Å².